The zero-order chi connectivity index (χ0) is 25.2. The molecule has 190 valence electrons. The van der Waals surface area contributed by atoms with Gasteiger partial charge in [0.15, 0.2) is 0 Å². The summed E-state index contributed by atoms with van der Waals surface area (Å²) < 4.78 is 1.72. The van der Waals surface area contributed by atoms with Crippen molar-refractivity contribution in [3.8, 4) is 0 Å². The molecule has 1 atom stereocenters. The SMILES string of the molecule is CCn1nc(CC(C)C)cc1C(=O)N1CCCNC(=O)CCC(c2ccccc2)CCNC(=O)C1. The van der Waals surface area contributed by atoms with Crippen LogP contribution in [-0.2, 0) is 22.6 Å². The van der Waals surface area contributed by atoms with Gasteiger partial charge < -0.3 is 15.5 Å². The maximum absolute atomic E-state index is 13.5. The van der Waals surface area contributed by atoms with Crippen LogP contribution in [0.3, 0.4) is 0 Å². The smallest absolute Gasteiger partial charge is 0.272 e. The Morgan fingerprint density at radius 1 is 1.09 bits per heavy atom. The number of carbonyl (C=O) groups excluding carboxylic acids is 3. The summed E-state index contributed by atoms with van der Waals surface area (Å²) >= 11 is 0. The molecule has 1 fully saturated rings. The minimum Gasteiger partial charge on any atom is -0.356 e. The van der Waals surface area contributed by atoms with E-state index < -0.39 is 0 Å². The number of hydrogen-bond donors (Lipinski definition) is 2. The first-order valence-electron chi connectivity index (χ1n) is 12.8. The molecule has 35 heavy (non-hydrogen) atoms. The van der Waals surface area contributed by atoms with Gasteiger partial charge in [-0.2, -0.15) is 5.10 Å². The zero-order valence-electron chi connectivity index (χ0n) is 21.3. The highest BCUT2D eigenvalue weighted by molar-refractivity contribution is 5.95. The summed E-state index contributed by atoms with van der Waals surface area (Å²) in [4.78, 5) is 40.3. The molecule has 0 aliphatic carbocycles. The van der Waals surface area contributed by atoms with Gasteiger partial charge in [0, 0.05) is 32.6 Å². The van der Waals surface area contributed by atoms with Crippen LogP contribution in [0.25, 0.3) is 0 Å². The predicted octanol–water partition coefficient (Wildman–Crippen LogP) is 3.13. The number of aromatic nitrogens is 2. The fourth-order valence-corrected chi connectivity index (χ4v) is 4.53. The first-order valence-corrected chi connectivity index (χ1v) is 12.8. The second-order valence-corrected chi connectivity index (χ2v) is 9.65. The van der Waals surface area contributed by atoms with Gasteiger partial charge in [0.1, 0.15) is 5.69 Å². The molecule has 1 saturated heterocycles. The van der Waals surface area contributed by atoms with Gasteiger partial charge in [0.25, 0.3) is 5.91 Å². The van der Waals surface area contributed by atoms with Crippen LogP contribution in [-0.4, -0.2) is 58.6 Å². The highest BCUT2D eigenvalue weighted by Gasteiger charge is 2.24. The largest absolute Gasteiger partial charge is 0.356 e. The van der Waals surface area contributed by atoms with E-state index in [-0.39, 0.29) is 30.2 Å². The highest BCUT2D eigenvalue weighted by Crippen LogP contribution is 2.24. The number of hydrogen-bond acceptors (Lipinski definition) is 4. The fraction of sp³-hybridized carbons (Fsp3) is 0.556. The summed E-state index contributed by atoms with van der Waals surface area (Å²) in [6.45, 7) is 8.10. The Morgan fingerprint density at radius 3 is 2.54 bits per heavy atom. The molecule has 2 N–H and O–H groups in total. The monoisotopic (exact) mass is 481 g/mol. The van der Waals surface area contributed by atoms with E-state index in [2.05, 4.69) is 41.7 Å². The van der Waals surface area contributed by atoms with Crippen molar-refractivity contribution in [2.75, 3.05) is 26.2 Å². The number of aryl methyl sites for hydroxylation is 1. The molecule has 0 saturated carbocycles. The molecular weight excluding hydrogens is 442 g/mol. The van der Waals surface area contributed by atoms with Crippen molar-refractivity contribution in [2.45, 2.75) is 65.3 Å². The second kappa shape index (κ2) is 13.1. The summed E-state index contributed by atoms with van der Waals surface area (Å²) in [6.07, 6.45) is 3.27. The van der Waals surface area contributed by atoms with Crippen LogP contribution in [0, 0.1) is 5.92 Å². The molecule has 0 spiro atoms. The van der Waals surface area contributed by atoms with Crippen LogP contribution >= 0.6 is 0 Å². The standard InChI is InChI=1S/C27H39N5O3/c1-4-32-24(18-23(30-32)17-20(2)3)27(35)31-16-8-14-28-25(33)12-11-22(13-15-29-26(34)19-31)21-9-6-5-7-10-21/h5-7,9-10,18,20,22H,4,8,11-17,19H2,1-3H3,(H,28,33)(H,29,34). The number of nitrogens with zero attached hydrogens (tertiary/aromatic N) is 3. The zero-order valence-corrected chi connectivity index (χ0v) is 21.3. The second-order valence-electron chi connectivity index (χ2n) is 9.65. The molecule has 8 nitrogen and oxygen atoms in total. The lowest BCUT2D eigenvalue weighted by Gasteiger charge is -2.24. The van der Waals surface area contributed by atoms with Crippen LogP contribution in [0.5, 0.6) is 0 Å². The average molecular weight is 482 g/mol. The number of rotatable bonds is 5. The third kappa shape index (κ3) is 7.94. The molecule has 1 aliphatic rings. The molecule has 3 rings (SSSR count). The predicted molar refractivity (Wildman–Crippen MR) is 136 cm³/mol. The molecule has 1 aromatic heterocycles. The quantitative estimate of drug-likeness (QED) is 0.686. The van der Waals surface area contributed by atoms with Crippen LogP contribution in [0.4, 0.5) is 0 Å². The van der Waals surface area contributed by atoms with E-state index in [1.807, 2.05) is 31.2 Å². The van der Waals surface area contributed by atoms with Crippen molar-refractivity contribution in [2.24, 2.45) is 5.92 Å². The van der Waals surface area contributed by atoms with E-state index in [9.17, 15) is 14.4 Å². The van der Waals surface area contributed by atoms with Crippen LogP contribution < -0.4 is 10.6 Å². The summed E-state index contributed by atoms with van der Waals surface area (Å²) in [5.41, 5.74) is 2.56. The summed E-state index contributed by atoms with van der Waals surface area (Å²) in [6, 6.07) is 12.0. The Hall–Kier alpha value is -3.16. The molecular formula is C27H39N5O3. The molecule has 3 amide bonds. The molecule has 0 radical (unpaired) electrons. The van der Waals surface area contributed by atoms with Gasteiger partial charge in [-0.25, -0.2) is 0 Å². The summed E-state index contributed by atoms with van der Waals surface area (Å²) in [5, 5.41) is 10.5. The van der Waals surface area contributed by atoms with Gasteiger partial charge >= 0.3 is 0 Å². The van der Waals surface area contributed by atoms with Crippen molar-refractivity contribution >= 4 is 17.7 Å². The Kier molecular flexibility index (Phi) is 9.87. The van der Waals surface area contributed by atoms with Gasteiger partial charge in [-0.1, -0.05) is 44.2 Å². The summed E-state index contributed by atoms with van der Waals surface area (Å²) in [7, 11) is 0. The Balaban J connectivity index is 1.73. The van der Waals surface area contributed by atoms with Crippen LogP contribution in [0.2, 0.25) is 0 Å². The lowest BCUT2D eigenvalue weighted by atomic mass is 9.91. The number of nitrogens with one attached hydrogen (secondary N) is 2. The summed E-state index contributed by atoms with van der Waals surface area (Å²) in [5.74, 6) is 0.261. The van der Waals surface area contributed by atoms with Gasteiger partial charge in [0.2, 0.25) is 11.8 Å². The highest BCUT2D eigenvalue weighted by atomic mass is 16.2. The van der Waals surface area contributed by atoms with Crippen molar-refractivity contribution in [3.63, 3.8) is 0 Å². The Morgan fingerprint density at radius 2 is 1.83 bits per heavy atom. The lowest BCUT2D eigenvalue weighted by molar-refractivity contribution is -0.123. The topological polar surface area (TPSA) is 96.3 Å². The minimum atomic E-state index is -0.204. The first-order chi connectivity index (χ1) is 16.9. The minimum absolute atomic E-state index is 0.0167. The van der Waals surface area contributed by atoms with Gasteiger partial charge in [-0.05, 0) is 56.1 Å². The maximum Gasteiger partial charge on any atom is 0.272 e. The van der Waals surface area contributed by atoms with E-state index in [4.69, 9.17) is 0 Å². The first kappa shape index (κ1) is 26.4. The van der Waals surface area contributed by atoms with Crippen LogP contribution in [0.1, 0.15) is 74.1 Å². The van der Waals surface area contributed by atoms with Crippen molar-refractivity contribution in [1.82, 2.24) is 25.3 Å². The number of carbonyl (C=O) groups is 3. The van der Waals surface area contributed by atoms with Crippen LogP contribution in [0.15, 0.2) is 36.4 Å². The molecule has 1 aromatic carbocycles. The molecule has 1 aliphatic heterocycles. The van der Waals surface area contributed by atoms with Crippen molar-refractivity contribution in [3.05, 3.63) is 53.3 Å². The molecule has 0 bridgehead atoms. The van der Waals surface area contributed by atoms with E-state index in [0.29, 0.717) is 50.6 Å². The Labute approximate surface area is 208 Å². The lowest BCUT2D eigenvalue weighted by Crippen LogP contribution is -2.43. The van der Waals surface area contributed by atoms with Gasteiger partial charge in [-0.3, -0.25) is 19.1 Å². The van der Waals surface area contributed by atoms with Crippen molar-refractivity contribution < 1.29 is 14.4 Å². The Bertz CT molecular complexity index is 986. The molecule has 8 heteroatoms. The average Bonchev–Trinajstić information content (AvgIpc) is 3.24. The molecule has 1 unspecified atom stereocenters. The number of amides is 3. The third-order valence-corrected chi connectivity index (χ3v) is 6.32. The van der Waals surface area contributed by atoms with E-state index in [0.717, 1.165) is 25.0 Å². The van der Waals surface area contributed by atoms with Crippen molar-refractivity contribution in [1.29, 1.82) is 0 Å². The van der Waals surface area contributed by atoms with Gasteiger partial charge in [0.05, 0.1) is 12.2 Å². The van der Waals surface area contributed by atoms with E-state index >= 15 is 0 Å². The maximum atomic E-state index is 13.5. The van der Waals surface area contributed by atoms with E-state index in [1.54, 1.807) is 9.58 Å². The third-order valence-electron chi connectivity index (χ3n) is 6.32. The normalized spacial score (nSPS) is 18.6. The fourth-order valence-electron chi connectivity index (χ4n) is 4.53. The molecule has 2 aromatic rings. The molecule has 2 heterocycles. The number of benzene rings is 1. The van der Waals surface area contributed by atoms with E-state index in [1.165, 1.54) is 5.56 Å². The van der Waals surface area contributed by atoms with Gasteiger partial charge in [-0.15, -0.1) is 0 Å².